The molecular weight excluding hydrogens is 224 g/mol. The number of carbonyl (C=O) groups is 1. The Labute approximate surface area is 111 Å². The second kappa shape index (κ2) is 4.52. The van der Waals surface area contributed by atoms with E-state index in [9.17, 15) is 4.79 Å². The van der Waals surface area contributed by atoms with Crippen molar-refractivity contribution < 1.29 is 4.79 Å². The zero-order valence-corrected chi connectivity index (χ0v) is 12.3. The molecule has 0 bridgehead atoms. The maximum Gasteiger partial charge on any atom is 0.227 e. The van der Waals surface area contributed by atoms with Crippen LogP contribution in [-0.4, -0.2) is 18.0 Å². The van der Waals surface area contributed by atoms with Crippen LogP contribution in [0.15, 0.2) is 0 Å². The van der Waals surface area contributed by atoms with Crippen molar-refractivity contribution in [2.24, 2.45) is 28.9 Å². The molecule has 0 aromatic carbocycles. The lowest BCUT2D eigenvalue weighted by atomic mass is 9.74. The van der Waals surface area contributed by atoms with Gasteiger partial charge in [0.25, 0.3) is 0 Å². The van der Waals surface area contributed by atoms with Crippen molar-refractivity contribution in [2.45, 2.75) is 58.9 Å². The average molecular weight is 252 g/mol. The number of carbonyl (C=O) groups excluding carboxylic acids is 1. The molecule has 0 heterocycles. The minimum Gasteiger partial charge on any atom is -0.355 e. The van der Waals surface area contributed by atoms with E-state index >= 15 is 0 Å². The van der Waals surface area contributed by atoms with E-state index in [0.29, 0.717) is 0 Å². The molecule has 0 aliphatic heterocycles. The fourth-order valence-corrected chi connectivity index (χ4v) is 2.49. The fraction of sp³-hybridized carbons (Fsp3) is 0.933. The van der Waals surface area contributed by atoms with Crippen LogP contribution in [0.1, 0.15) is 53.4 Å². The van der Waals surface area contributed by atoms with Gasteiger partial charge in [0.1, 0.15) is 0 Å². The van der Waals surface area contributed by atoms with Crippen molar-refractivity contribution in [3.8, 4) is 0 Å². The minimum absolute atomic E-state index is 0.0984. The Kier molecular flexibility index (Phi) is 3.48. The van der Waals surface area contributed by atoms with Gasteiger partial charge in [0.2, 0.25) is 5.91 Å². The van der Waals surface area contributed by atoms with Crippen molar-refractivity contribution in [1.82, 2.24) is 5.32 Å². The van der Waals surface area contributed by atoms with E-state index in [1.54, 1.807) is 0 Å². The third-order valence-electron chi connectivity index (χ3n) is 5.13. The van der Waals surface area contributed by atoms with Crippen molar-refractivity contribution in [2.75, 3.05) is 6.54 Å². The van der Waals surface area contributed by atoms with E-state index in [2.05, 4.69) is 5.32 Å². The summed E-state index contributed by atoms with van der Waals surface area (Å²) >= 11 is 0. The second-order valence-corrected chi connectivity index (χ2v) is 7.40. The molecule has 3 heteroatoms. The van der Waals surface area contributed by atoms with Gasteiger partial charge in [-0.1, -0.05) is 0 Å². The van der Waals surface area contributed by atoms with Crippen LogP contribution in [0.25, 0.3) is 0 Å². The van der Waals surface area contributed by atoms with E-state index in [1.807, 2.05) is 27.7 Å². The van der Waals surface area contributed by atoms with Crippen LogP contribution in [0.4, 0.5) is 0 Å². The zero-order chi connectivity index (χ0) is 13.6. The zero-order valence-electron chi connectivity index (χ0n) is 12.3. The number of rotatable bonds is 6. The quantitative estimate of drug-likeness (QED) is 0.762. The maximum absolute atomic E-state index is 12.3. The number of hydrogen-bond acceptors (Lipinski definition) is 2. The number of nitrogens with two attached hydrogens (primary N) is 1. The van der Waals surface area contributed by atoms with E-state index < -0.39 is 11.0 Å². The molecular formula is C15H28N2O. The summed E-state index contributed by atoms with van der Waals surface area (Å²) < 4.78 is 0. The molecule has 0 saturated heterocycles. The lowest BCUT2D eigenvalue weighted by molar-refractivity contribution is -0.132. The molecule has 0 atom stereocenters. The first-order chi connectivity index (χ1) is 8.23. The molecule has 0 aromatic heterocycles. The molecule has 3 N–H and O–H groups in total. The van der Waals surface area contributed by atoms with E-state index in [0.717, 1.165) is 24.3 Å². The summed E-state index contributed by atoms with van der Waals surface area (Å²) in [5.74, 6) is 2.59. The van der Waals surface area contributed by atoms with Crippen molar-refractivity contribution in [3.63, 3.8) is 0 Å². The molecule has 18 heavy (non-hydrogen) atoms. The van der Waals surface area contributed by atoms with Crippen LogP contribution in [0, 0.1) is 23.2 Å². The molecule has 2 aliphatic rings. The van der Waals surface area contributed by atoms with Crippen LogP contribution < -0.4 is 11.1 Å². The van der Waals surface area contributed by atoms with E-state index in [4.69, 9.17) is 5.73 Å². The van der Waals surface area contributed by atoms with Gasteiger partial charge in [0.05, 0.1) is 5.41 Å². The van der Waals surface area contributed by atoms with Crippen LogP contribution in [0.3, 0.4) is 0 Å². The van der Waals surface area contributed by atoms with Crippen LogP contribution >= 0.6 is 0 Å². The van der Waals surface area contributed by atoms with Gasteiger partial charge in [-0.3, -0.25) is 4.79 Å². The first-order valence-corrected chi connectivity index (χ1v) is 7.30. The highest BCUT2D eigenvalue weighted by molar-refractivity contribution is 5.83. The average Bonchev–Trinajstić information content (AvgIpc) is 3.10. The second-order valence-electron chi connectivity index (χ2n) is 7.40. The predicted molar refractivity (Wildman–Crippen MR) is 74.0 cm³/mol. The summed E-state index contributed by atoms with van der Waals surface area (Å²) in [6, 6.07) is 0. The number of amides is 1. The van der Waals surface area contributed by atoms with Gasteiger partial charge in [-0.25, -0.2) is 0 Å². The van der Waals surface area contributed by atoms with Crippen molar-refractivity contribution in [3.05, 3.63) is 0 Å². The molecule has 2 saturated carbocycles. The van der Waals surface area contributed by atoms with Crippen molar-refractivity contribution >= 4 is 5.91 Å². The number of nitrogens with one attached hydrogen (secondary N) is 1. The summed E-state index contributed by atoms with van der Waals surface area (Å²) in [6.45, 7) is 8.57. The number of hydrogen-bond donors (Lipinski definition) is 2. The third-order valence-corrected chi connectivity index (χ3v) is 5.13. The van der Waals surface area contributed by atoms with Gasteiger partial charge in [0.15, 0.2) is 0 Å². The van der Waals surface area contributed by atoms with Gasteiger partial charge >= 0.3 is 0 Å². The highest BCUT2D eigenvalue weighted by atomic mass is 16.2. The summed E-state index contributed by atoms with van der Waals surface area (Å²) in [7, 11) is 0. The molecule has 0 unspecified atom stereocenters. The molecule has 1 amide bonds. The molecule has 104 valence electrons. The molecule has 0 spiro atoms. The van der Waals surface area contributed by atoms with E-state index in [-0.39, 0.29) is 5.91 Å². The Balaban J connectivity index is 1.87. The Morgan fingerprint density at radius 2 is 1.61 bits per heavy atom. The van der Waals surface area contributed by atoms with Gasteiger partial charge in [-0.2, -0.15) is 0 Å². The largest absolute Gasteiger partial charge is 0.355 e. The monoisotopic (exact) mass is 252 g/mol. The summed E-state index contributed by atoms with van der Waals surface area (Å²) in [5, 5.41) is 3.15. The van der Waals surface area contributed by atoms with E-state index in [1.165, 1.54) is 25.7 Å². The fourth-order valence-electron chi connectivity index (χ4n) is 2.49. The summed E-state index contributed by atoms with van der Waals surface area (Å²) in [6.07, 6.45) is 5.46. The first-order valence-electron chi connectivity index (χ1n) is 7.30. The molecule has 3 nitrogen and oxygen atoms in total. The summed E-state index contributed by atoms with van der Waals surface area (Å²) in [5.41, 5.74) is 5.09. The Morgan fingerprint density at radius 1 is 1.17 bits per heavy atom. The third kappa shape index (κ3) is 2.87. The standard InChI is InChI=1S/C15H28N2O/c1-14(2,15(3,4)16)13(18)17-9-12(10-5-6-10)11-7-8-11/h10-12H,5-9,16H2,1-4H3,(H,17,18). The highest BCUT2D eigenvalue weighted by Crippen LogP contribution is 2.48. The van der Waals surface area contributed by atoms with Gasteiger partial charge < -0.3 is 11.1 Å². The molecule has 2 fully saturated rings. The molecule has 0 aromatic rings. The van der Waals surface area contributed by atoms with Crippen LogP contribution in [-0.2, 0) is 4.79 Å². The van der Waals surface area contributed by atoms with Crippen LogP contribution in [0.5, 0.6) is 0 Å². The smallest absolute Gasteiger partial charge is 0.227 e. The lowest BCUT2D eigenvalue weighted by Gasteiger charge is -2.37. The first kappa shape index (κ1) is 13.9. The predicted octanol–water partition coefficient (Wildman–Crippen LogP) is 2.30. The highest BCUT2D eigenvalue weighted by Gasteiger charge is 2.43. The Hall–Kier alpha value is -0.570. The van der Waals surface area contributed by atoms with Gasteiger partial charge in [0, 0.05) is 12.1 Å². The van der Waals surface area contributed by atoms with Crippen molar-refractivity contribution in [1.29, 1.82) is 0 Å². The SMILES string of the molecule is CC(C)(N)C(C)(C)C(=O)NCC(C1CC1)C1CC1. The topological polar surface area (TPSA) is 55.1 Å². The maximum atomic E-state index is 12.3. The lowest BCUT2D eigenvalue weighted by Crippen LogP contribution is -2.56. The van der Waals surface area contributed by atoms with Gasteiger partial charge in [-0.15, -0.1) is 0 Å². The minimum atomic E-state index is -0.523. The Bertz CT molecular complexity index is 310. The Morgan fingerprint density at radius 3 is 1.94 bits per heavy atom. The molecule has 0 radical (unpaired) electrons. The van der Waals surface area contributed by atoms with Gasteiger partial charge in [-0.05, 0) is 71.1 Å². The summed E-state index contributed by atoms with van der Waals surface area (Å²) in [4.78, 5) is 12.3. The van der Waals surface area contributed by atoms with Crippen LogP contribution in [0.2, 0.25) is 0 Å². The molecule has 2 rings (SSSR count). The molecule has 2 aliphatic carbocycles. The normalized spacial score (nSPS) is 21.2.